The van der Waals surface area contributed by atoms with Crippen LogP contribution in [0.5, 0.6) is 0 Å². The molecule has 1 aromatic rings. The zero-order chi connectivity index (χ0) is 31.9. The number of nitrogens with one attached hydrogen (secondary N) is 1. The molecule has 10 heteroatoms. The van der Waals surface area contributed by atoms with E-state index in [9.17, 15) is 29.4 Å². The van der Waals surface area contributed by atoms with Gasteiger partial charge in [0.25, 0.3) is 5.91 Å². The van der Waals surface area contributed by atoms with Crippen LogP contribution in [0.15, 0.2) is 36.4 Å². The van der Waals surface area contributed by atoms with E-state index in [-0.39, 0.29) is 30.3 Å². The summed E-state index contributed by atoms with van der Waals surface area (Å²) in [5.41, 5.74) is -3.68. The molecule has 6 aliphatic carbocycles. The summed E-state index contributed by atoms with van der Waals surface area (Å²) in [4.78, 5) is 55.0. The predicted octanol–water partition coefficient (Wildman–Crippen LogP) is 3.78. The van der Waals surface area contributed by atoms with Crippen LogP contribution in [-0.2, 0) is 23.9 Å². The Bertz CT molecular complexity index is 1570. The smallest absolute Gasteiger partial charge is 0.310 e. The number of hydrogen-bond donors (Lipinski definition) is 3. The minimum absolute atomic E-state index is 0.00530. The first kappa shape index (κ1) is 29.8. The van der Waals surface area contributed by atoms with Crippen molar-refractivity contribution in [2.45, 2.75) is 88.7 Å². The topological polar surface area (TPSA) is 139 Å². The Labute approximate surface area is 267 Å². The van der Waals surface area contributed by atoms with Gasteiger partial charge < -0.3 is 25.0 Å². The number of ketones is 2. The second-order valence-corrected chi connectivity index (χ2v) is 15.9. The molecule has 45 heavy (non-hydrogen) atoms. The lowest BCUT2D eigenvalue weighted by atomic mass is 9.21. The number of aliphatic hydroxyl groups excluding tert-OH is 1. The lowest BCUT2D eigenvalue weighted by Crippen LogP contribution is -2.97. The van der Waals surface area contributed by atoms with E-state index in [0.717, 1.165) is 0 Å². The lowest BCUT2D eigenvalue weighted by Gasteiger charge is -2.84. The van der Waals surface area contributed by atoms with Gasteiger partial charge in [-0.3, -0.25) is 19.2 Å². The van der Waals surface area contributed by atoms with Gasteiger partial charge in [0.2, 0.25) is 5.79 Å². The van der Waals surface area contributed by atoms with Crippen molar-refractivity contribution in [3.05, 3.63) is 47.0 Å². The van der Waals surface area contributed by atoms with Crippen LogP contribution in [0.25, 0.3) is 0 Å². The van der Waals surface area contributed by atoms with Crippen LogP contribution in [-0.4, -0.2) is 63.8 Å². The van der Waals surface area contributed by atoms with E-state index in [1.54, 1.807) is 24.3 Å². The maximum atomic E-state index is 14.7. The number of benzene rings is 1. The molecule has 0 aromatic heterocycles. The highest BCUT2D eigenvalue weighted by atomic mass is 35.5. The molecule has 9 unspecified atom stereocenters. The Morgan fingerprint density at radius 2 is 1.78 bits per heavy atom. The zero-order valence-electron chi connectivity index (χ0n) is 25.6. The molecule has 9 atom stereocenters. The number of carbonyl (C=O) groups excluding carboxylic acids is 4. The molecule has 2 saturated heterocycles. The Morgan fingerprint density at radius 3 is 2.49 bits per heavy atom. The van der Waals surface area contributed by atoms with Gasteiger partial charge in [-0.15, -0.1) is 0 Å². The van der Waals surface area contributed by atoms with Crippen molar-refractivity contribution in [2.75, 3.05) is 6.61 Å². The third kappa shape index (κ3) is 3.26. The van der Waals surface area contributed by atoms with E-state index in [1.165, 1.54) is 0 Å². The first-order chi connectivity index (χ1) is 21.3. The molecule has 9 nitrogen and oxygen atoms in total. The van der Waals surface area contributed by atoms with Crippen LogP contribution in [0, 0.1) is 45.8 Å². The summed E-state index contributed by atoms with van der Waals surface area (Å²) in [5, 5.41) is 27.5. The standard InChI is InChI=1S/C35H40ClNO8/c1-17-20-12-13-23-32-16-44-35(43,27(39)26(32)31(2,3)15-14-24(32)38)33(23)25(20)34(17,30(33)42)45-29(41)18-8-10-19(11-9-18)37-28(40)21-6-4-5-7-22(21)36/h4-7,18-20,23,25-27,39,43H,1,8-16H2,2-3H3,(H,37,40). The monoisotopic (exact) mass is 637 g/mol. The number of rotatable bonds is 4. The van der Waals surface area contributed by atoms with E-state index >= 15 is 0 Å². The maximum Gasteiger partial charge on any atom is 0.310 e. The van der Waals surface area contributed by atoms with Crippen molar-refractivity contribution in [3.63, 3.8) is 0 Å². The Morgan fingerprint density at radius 1 is 1.07 bits per heavy atom. The van der Waals surface area contributed by atoms with Crippen molar-refractivity contribution in [1.29, 1.82) is 0 Å². The molecular formula is C35H40ClNO8. The lowest BCUT2D eigenvalue weighted by molar-refractivity contribution is -0.465. The summed E-state index contributed by atoms with van der Waals surface area (Å²) < 4.78 is 12.3. The number of aliphatic hydroxyl groups is 2. The fourth-order valence-corrected chi connectivity index (χ4v) is 11.8. The molecule has 9 rings (SSSR count). The average molecular weight is 638 g/mol. The molecule has 240 valence electrons. The molecule has 2 spiro atoms. The number of amides is 1. The number of Topliss-reactive ketones (excluding diaryl/α,β-unsaturated/α-hetero) is 2. The normalized spacial score (nSPS) is 47.0. The van der Waals surface area contributed by atoms with E-state index in [2.05, 4.69) is 11.9 Å². The van der Waals surface area contributed by atoms with Gasteiger partial charge in [-0.25, -0.2) is 0 Å². The van der Waals surface area contributed by atoms with E-state index in [4.69, 9.17) is 21.1 Å². The minimum Gasteiger partial charge on any atom is -0.446 e. The van der Waals surface area contributed by atoms with Crippen molar-refractivity contribution < 1.29 is 38.9 Å². The van der Waals surface area contributed by atoms with Crippen LogP contribution >= 0.6 is 11.6 Å². The summed E-state index contributed by atoms with van der Waals surface area (Å²) in [5.74, 6) is -5.69. The average Bonchev–Trinajstić information content (AvgIpc) is 3.01. The van der Waals surface area contributed by atoms with E-state index < -0.39 is 69.2 Å². The third-order valence-electron chi connectivity index (χ3n) is 13.4. The molecule has 2 aliphatic heterocycles. The fourth-order valence-electron chi connectivity index (χ4n) is 11.5. The van der Waals surface area contributed by atoms with Gasteiger partial charge >= 0.3 is 5.97 Å². The molecule has 0 radical (unpaired) electrons. The molecule has 1 amide bonds. The highest BCUT2D eigenvalue weighted by Crippen LogP contribution is 2.85. The summed E-state index contributed by atoms with van der Waals surface area (Å²) in [6.07, 6.45) is 2.80. The van der Waals surface area contributed by atoms with Crippen LogP contribution in [0.3, 0.4) is 0 Å². The first-order valence-corrected chi connectivity index (χ1v) is 16.8. The summed E-state index contributed by atoms with van der Waals surface area (Å²) in [6.45, 7) is 8.24. The van der Waals surface area contributed by atoms with Crippen LogP contribution < -0.4 is 5.32 Å². The van der Waals surface area contributed by atoms with Gasteiger partial charge in [0.1, 0.15) is 17.3 Å². The summed E-state index contributed by atoms with van der Waals surface area (Å²) >= 11 is 6.18. The highest BCUT2D eigenvalue weighted by Gasteiger charge is 2.97. The molecule has 8 aliphatic rings. The van der Waals surface area contributed by atoms with E-state index in [0.29, 0.717) is 67.5 Å². The fraction of sp³-hybridized carbons (Fsp3) is 0.657. The van der Waals surface area contributed by atoms with Crippen LogP contribution in [0.2, 0.25) is 5.02 Å². The third-order valence-corrected chi connectivity index (χ3v) is 13.8. The van der Waals surface area contributed by atoms with Gasteiger partial charge in [0, 0.05) is 24.3 Å². The second kappa shape index (κ2) is 9.27. The van der Waals surface area contributed by atoms with Gasteiger partial charge in [-0.1, -0.05) is 44.2 Å². The molecular weight excluding hydrogens is 598 g/mol. The largest absolute Gasteiger partial charge is 0.446 e. The molecule has 8 fully saturated rings. The summed E-state index contributed by atoms with van der Waals surface area (Å²) in [6, 6.07) is 6.72. The molecule has 1 aromatic carbocycles. The quantitative estimate of drug-likeness (QED) is 0.335. The first-order valence-electron chi connectivity index (χ1n) is 16.4. The number of hydrogen-bond acceptors (Lipinski definition) is 8. The van der Waals surface area contributed by atoms with E-state index in [1.807, 2.05) is 13.8 Å². The number of fused-ring (bicyclic) bond motifs is 1. The molecule has 2 heterocycles. The Balaban J connectivity index is 1.03. The second-order valence-electron chi connectivity index (χ2n) is 15.5. The molecule has 6 saturated carbocycles. The van der Waals surface area contributed by atoms with Crippen molar-refractivity contribution in [2.24, 2.45) is 45.8 Å². The van der Waals surface area contributed by atoms with Crippen molar-refractivity contribution in [3.8, 4) is 0 Å². The van der Waals surface area contributed by atoms with Gasteiger partial charge in [-0.05, 0) is 79.9 Å². The van der Waals surface area contributed by atoms with Crippen LogP contribution in [0.1, 0.15) is 75.6 Å². The predicted molar refractivity (Wildman–Crippen MR) is 161 cm³/mol. The van der Waals surface area contributed by atoms with Crippen LogP contribution in [0.4, 0.5) is 0 Å². The van der Waals surface area contributed by atoms with Gasteiger partial charge in [0.15, 0.2) is 11.4 Å². The highest BCUT2D eigenvalue weighted by molar-refractivity contribution is 6.33. The Kier molecular flexibility index (Phi) is 6.14. The van der Waals surface area contributed by atoms with Gasteiger partial charge in [0.05, 0.1) is 28.5 Å². The number of carbonyl (C=O) groups is 4. The van der Waals surface area contributed by atoms with Crippen molar-refractivity contribution >= 4 is 35.0 Å². The molecule has 3 N–H and O–H groups in total. The zero-order valence-corrected chi connectivity index (χ0v) is 26.4. The minimum atomic E-state index is -2.17. The van der Waals surface area contributed by atoms with Crippen molar-refractivity contribution in [1.82, 2.24) is 5.32 Å². The SMILES string of the molecule is C=C1C2CCC3C45COC(O)(C(O)C4C(C)(C)CCC5=O)C34C(=O)C1(OC(=O)C1CCC(NC(=O)c3ccccc3Cl)CC1)C24. The molecule has 2 bridgehead atoms. The maximum absolute atomic E-state index is 14.7. The Hall–Kier alpha value is -2.59. The van der Waals surface area contributed by atoms with Gasteiger partial charge in [-0.2, -0.15) is 0 Å². The number of esters is 1. The number of halogens is 1. The number of ether oxygens (including phenoxy) is 2. The summed E-state index contributed by atoms with van der Waals surface area (Å²) in [7, 11) is 0.